The second-order valence-corrected chi connectivity index (χ2v) is 5.69. The minimum Gasteiger partial charge on any atom is -0.481 e. The van der Waals surface area contributed by atoms with Gasteiger partial charge in [-0.2, -0.15) is 0 Å². The zero-order chi connectivity index (χ0) is 13.0. The van der Waals surface area contributed by atoms with E-state index in [0.29, 0.717) is 0 Å². The summed E-state index contributed by atoms with van der Waals surface area (Å²) in [4.78, 5) is 15.8. The van der Waals surface area contributed by atoms with E-state index in [4.69, 9.17) is 0 Å². The highest BCUT2D eigenvalue weighted by Gasteiger charge is 2.29. The summed E-state index contributed by atoms with van der Waals surface area (Å²) in [6, 6.07) is 0.0286. The topological polar surface area (TPSA) is 62.2 Å². The fourth-order valence-corrected chi connectivity index (χ4v) is 3.33. The number of anilines is 1. The van der Waals surface area contributed by atoms with Crippen molar-refractivity contribution in [1.29, 1.82) is 0 Å². The molecule has 1 aliphatic carbocycles. The van der Waals surface area contributed by atoms with Gasteiger partial charge in [-0.15, -0.1) is 11.3 Å². The second-order valence-electron chi connectivity index (χ2n) is 4.83. The molecule has 2 rings (SSSR count). The maximum atomic E-state index is 11.3. The fourth-order valence-electron chi connectivity index (χ4n) is 2.47. The van der Waals surface area contributed by atoms with E-state index in [1.54, 1.807) is 11.3 Å². The van der Waals surface area contributed by atoms with Gasteiger partial charge in [-0.3, -0.25) is 4.79 Å². The number of nitrogens with one attached hydrogen (secondary N) is 1. The lowest BCUT2D eigenvalue weighted by Crippen LogP contribution is -2.33. The molecule has 5 heteroatoms. The Balaban J connectivity index is 2.05. The van der Waals surface area contributed by atoms with Gasteiger partial charge in [0.2, 0.25) is 0 Å². The second kappa shape index (κ2) is 6.18. The number of aryl methyl sites for hydroxylation is 1. The molecule has 0 aromatic carbocycles. The summed E-state index contributed by atoms with van der Waals surface area (Å²) in [6.45, 7) is 2.07. The summed E-state index contributed by atoms with van der Waals surface area (Å²) >= 11 is 1.57. The normalized spacial score (nSPS) is 24.5. The first-order valence-corrected chi connectivity index (χ1v) is 7.52. The van der Waals surface area contributed by atoms with Crippen LogP contribution in [0.5, 0.6) is 0 Å². The van der Waals surface area contributed by atoms with Gasteiger partial charge >= 0.3 is 5.97 Å². The lowest BCUT2D eigenvalue weighted by atomic mass is 9.95. The molecule has 18 heavy (non-hydrogen) atoms. The first kappa shape index (κ1) is 13.3. The van der Waals surface area contributed by atoms with Crippen LogP contribution >= 0.6 is 11.3 Å². The largest absolute Gasteiger partial charge is 0.481 e. The third-order valence-electron chi connectivity index (χ3n) is 3.56. The minimum atomic E-state index is -0.679. The first-order chi connectivity index (χ1) is 8.70. The van der Waals surface area contributed by atoms with Gasteiger partial charge in [0, 0.05) is 11.4 Å². The SMILES string of the molecule is CCc1csc(NC2CCCCCC2C(=O)O)n1. The molecule has 0 amide bonds. The predicted octanol–water partition coefficient (Wildman–Crippen LogP) is 3.15. The van der Waals surface area contributed by atoms with Crippen LogP contribution in [0.3, 0.4) is 0 Å². The molecule has 4 nitrogen and oxygen atoms in total. The van der Waals surface area contributed by atoms with Crippen LogP contribution in [0.2, 0.25) is 0 Å². The van der Waals surface area contributed by atoms with E-state index in [2.05, 4.69) is 17.2 Å². The summed E-state index contributed by atoms with van der Waals surface area (Å²) in [5.74, 6) is -0.955. The molecule has 0 saturated heterocycles. The molecule has 100 valence electrons. The van der Waals surface area contributed by atoms with Gasteiger partial charge in [-0.25, -0.2) is 4.98 Å². The molecule has 0 aliphatic heterocycles. The average molecular weight is 268 g/mol. The number of carboxylic acids is 1. The number of rotatable bonds is 4. The van der Waals surface area contributed by atoms with E-state index in [1.807, 2.05) is 5.38 Å². The Hall–Kier alpha value is -1.10. The number of aliphatic carboxylic acids is 1. The van der Waals surface area contributed by atoms with E-state index in [1.165, 1.54) is 0 Å². The smallest absolute Gasteiger partial charge is 0.308 e. The van der Waals surface area contributed by atoms with Crippen molar-refractivity contribution < 1.29 is 9.90 Å². The summed E-state index contributed by atoms with van der Waals surface area (Å²) in [5.41, 5.74) is 1.07. The van der Waals surface area contributed by atoms with Crippen molar-refractivity contribution in [3.05, 3.63) is 11.1 Å². The van der Waals surface area contributed by atoms with Gasteiger partial charge in [0.05, 0.1) is 11.6 Å². The molecular formula is C13H20N2O2S. The van der Waals surface area contributed by atoms with Crippen LogP contribution < -0.4 is 5.32 Å². The highest BCUT2D eigenvalue weighted by molar-refractivity contribution is 7.13. The Labute approximate surface area is 111 Å². The lowest BCUT2D eigenvalue weighted by molar-refractivity contribution is -0.142. The Morgan fingerprint density at radius 2 is 2.28 bits per heavy atom. The van der Waals surface area contributed by atoms with Crippen molar-refractivity contribution in [1.82, 2.24) is 4.98 Å². The van der Waals surface area contributed by atoms with Crippen LogP contribution in [-0.4, -0.2) is 22.1 Å². The van der Waals surface area contributed by atoms with Gasteiger partial charge in [0.1, 0.15) is 0 Å². The van der Waals surface area contributed by atoms with E-state index in [-0.39, 0.29) is 12.0 Å². The third-order valence-corrected chi connectivity index (χ3v) is 4.38. The molecule has 1 aromatic rings. The molecule has 1 fully saturated rings. The molecule has 1 saturated carbocycles. The monoisotopic (exact) mass is 268 g/mol. The summed E-state index contributed by atoms with van der Waals surface area (Å²) in [6.07, 6.45) is 5.89. The standard InChI is InChI=1S/C13H20N2O2S/c1-2-9-8-18-13(14-9)15-11-7-5-3-4-6-10(11)12(16)17/h8,10-11H,2-7H2,1H3,(H,14,15)(H,16,17). The van der Waals surface area contributed by atoms with Crippen molar-refractivity contribution in [3.8, 4) is 0 Å². The van der Waals surface area contributed by atoms with Gasteiger partial charge in [0.25, 0.3) is 0 Å². The molecule has 0 bridgehead atoms. The maximum absolute atomic E-state index is 11.3. The van der Waals surface area contributed by atoms with Crippen LogP contribution in [0.15, 0.2) is 5.38 Å². The molecule has 2 atom stereocenters. The van der Waals surface area contributed by atoms with Crippen molar-refractivity contribution in [2.75, 3.05) is 5.32 Å². The van der Waals surface area contributed by atoms with Gasteiger partial charge < -0.3 is 10.4 Å². The molecular weight excluding hydrogens is 248 g/mol. The van der Waals surface area contributed by atoms with E-state index < -0.39 is 5.97 Å². The molecule has 0 spiro atoms. The average Bonchev–Trinajstić information content (AvgIpc) is 2.66. The predicted molar refractivity (Wildman–Crippen MR) is 73.1 cm³/mol. The summed E-state index contributed by atoms with van der Waals surface area (Å²) in [7, 11) is 0. The minimum absolute atomic E-state index is 0.0286. The summed E-state index contributed by atoms with van der Waals surface area (Å²) < 4.78 is 0. The van der Waals surface area contributed by atoms with Crippen molar-refractivity contribution in [2.45, 2.75) is 51.5 Å². The Morgan fingerprint density at radius 1 is 1.50 bits per heavy atom. The Morgan fingerprint density at radius 3 is 2.94 bits per heavy atom. The van der Waals surface area contributed by atoms with Crippen LogP contribution in [0.25, 0.3) is 0 Å². The zero-order valence-electron chi connectivity index (χ0n) is 10.7. The zero-order valence-corrected chi connectivity index (χ0v) is 11.5. The highest BCUT2D eigenvalue weighted by atomic mass is 32.1. The van der Waals surface area contributed by atoms with E-state index in [0.717, 1.165) is 49.4 Å². The number of carboxylic acid groups (broad SMARTS) is 1. The van der Waals surface area contributed by atoms with E-state index >= 15 is 0 Å². The number of thiazole rings is 1. The fraction of sp³-hybridized carbons (Fsp3) is 0.692. The molecule has 1 aromatic heterocycles. The number of carbonyl (C=O) groups is 1. The first-order valence-electron chi connectivity index (χ1n) is 6.64. The quantitative estimate of drug-likeness (QED) is 0.823. The van der Waals surface area contributed by atoms with Gasteiger partial charge in [-0.05, 0) is 19.3 Å². The Kier molecular flexibility index (Phi) is 4.58. The molecule has 2 N–H and O–H groups in total. The molecule has 0 radical (unpaired) electrons. The van der Waals surface area contributed by atoms with Gasteiger partial charge in [-0.1, -0.05) is 26.2 Å². The van der Waals surface area contributed by atoms with E-state index in [9.17, 15) is 9.90 Å². The number of nitrogens with zero attached hydrogens (tertiary/aromatic N) is 1. The van der Waals surface area contributed by atoms with Crippen molar-refractivity contribution in [3.63, 3.8) is 0 Å². The van der Waals surface area contributed by atoms with Crippen molar-refractivity contribution >= 4 is 22.4 Å². The number of hydrogen-bond donors (Lipinski definition) is 2. The molecule has 2 unspecified atom stereocenters. The molecule has 1 aliphatic rings. The van der Waals surface area contributed by atoms with Gasteiger partial charge in [0.15, 0.2) is 5.13 Å². The highest BCUT2D eigenvalue weighted by Crippen LogP contribution is 2.27. The molecule has 1 heterocycles. The number of hydrogen-bond acceptors (Lipinski definition) is 4. The van der Waals surface area contributed by atoms with Crippen LogP contribution in [0.4, 0.5) is 5.13 Å². The maximum Gasteiger partial charge on any atom is 0.308 e. The van der Waals surface area contributed by atoms with Crippen LogP contribution in [0, 0.1) is 5.92 Å². The lowest BCUT2D eigenvalue weighted by Gasteiger charge is -2.22. The Bertz CT molecular complexity index is 405. The van der Waals surface area contributed by atoms with Crippen molar-refractivity contribution in [2.24, 2.45) is 5.92 Å². The summed E-state index contributed by atoms with van der Waals surface area (Å²) in [5, 5.41) is 15.5. The van der Waals surface area contributed by atoms with Crippen LogP contribution in [0.1, 0.15) is 44.7 Å². The number of aromatic nitrogens is 1. The van der Waals surface area contributed by atoms with Crippen LogP contribution in [-0.2, 0) is 11.2 Å². The third kappa shape index (κ3) is 3.22.